The fraction of sp³-hybridized carbons (Fsp3) is 0.333. The second-order valence-corrected chi connectivity index (χ2v) is 9.26. The molecule has 2 saturated heterocycles. The zero-order valence-corrected chi connectivity index (χ0v) is 20.3. The number of nitrogens with one attached hydrogen (secondary N) is 2. The number of rotatable bonds is 6. The Bertz CT molecular complexity index is 1360. The van der Waals surface area contributed by atoms with Crippen molar-refractivity contribution in [2.45, 2.75) is 12.6 Å². The molecule has 2 aliphatic rings. The van der Waals surface area contributed by atoms with E-state index in [0.717, 1.165) is 43.9 Å². The molecular weight excluding hydrogens is 478 g/mol. The Morgan fingerprint density at radius 1 is 1.03 bits per heavy atom. The highest BCUT2D eigenvalue weighted by molar-refractivity contribution is 5.78. The molecule has 0 saturated carbocycles. The molecule has 192 valence electrons. The third-order valence-corrected chi connectivity index (χ3v) is 6.74. The lowest BCUT2D eigenvalue weighted by Crippen LogP contribution is -2.35. The summed E-state index contributed by atoms with van der Waals surface area (Å²) in [6.07, 6.45) is 2.77. The van der Waals surface area contributed by atoms with Crippen molar-refractivity contribution >= 4 is 22.7 Å². The summed E-state index contributed by atoms with van der Waals surface area (Å²) in [5.74, 6) is -0.891. The Morgan fingerprint density at radius 2 is 1.81 bits per heavy atom. The Balaban J connectivity index is 1.22. The van der Waals surface area contributed by atoms with Crippen molar-refractivity contribution in [1.82, 2.24) is 24.8 Å². The topological polar surface area (TPSA) is 76.5 Å². The van der Waals surface area contributed by atoms with Gasteiger partial charge in [-0.05, 0) is 35.9 Å². The summed E-state index contributed by atoms with van der Waals surface area (Å²) in [6.45, 7) is 5.77. The van der Waals surface area contributed by atoms with Gasteiger partial charge in [0, 0.05) is 56.2 Å². The number of anilines is 2. The molecule has 0 amide bonds. The average molecular weight is 507 g/mol. The highest BCUT2D eigenvalue weighted by Crippen LogP contribution is 2.29. The number of aromatic nitrogens is 3. The van der Waals surface area contributed by atoms with E-state index in [2.05, 4.69) is 37.6 Å². The zero-order valence-electron chi connectivity index (χ0n) is 20.3. The van der Waals surface area contributed by atoms with E-state index in [1.807, 2.05) is 18.2 Å². The molecule has 0 spiro atoms. The third-order valence-electron chi connectivity index (χ3n) is 6.74. The summed E-state index contributed by atoms with van der Waals surface area (Å²) >= 11 is 0. The van der Waals surface area contributed by atoms with Crippen LogP contribution >= 0.6 is 0 Å². The number of hydrogen-bond acceptors (Lipinski definition) is 7. The standard InChI is InChI=1S/C27H28F2N6O2/c28-22-13-21(14-23(29)25(22)24-16-30-6-10-37-24)35-7-5-19-15-31-27(33-26(19)35)32-20-3-1-18(2-4-20)17-34-8-11-36-12-9-34/h1-5,7,13-15,24,30H,6,8-12,16-17H2,(H,31,32,33). The first-order chi connectivity index (χ1) is 18.1. The molecule has 2 aromatic heterocycles. The molecule has 37 heavy (non-hydrogen) atoms. The van der Waals surface area contributed by atoms with Gasteiger partial charge in [-0.1, -0.05) is 12.1 Å². The van der Waals surface area contributed by atoms with Crippen LogP contribution in [0.5, 0.6) is 0 Å². The minimum atomic E-state index is -0.650. The normalized spacial score (nSPS) is 18.8. The van der Waals surface area contributed by atoms with Crippen molar-refractivity contribution in [1.29, 1.82) is 0 Å². The molecule has 2 fully saturated rings. The maximum atomic E-state index is 15.0. The Kier molecular flexibility index (Phi) is 6.79. The molecule has 2 N–H and O–H groups in total. The predicted molar refractivity (Wildman–Crippen MR) is 136 cm³/mol. The van der Waals surface area contributed by atoms with Gasteiger partial charge in [0.1, 0.15) is 23.4 Å². The molecule has 0 radical (unpaired) electrons. The highest BCUT2D eigenvalue weighted by Gasteiger charge is 2.24. The van der Waals surface area contributed by atoms with Gasteiger partial charge in [-0.15, -0.1) is 0 Å². The SMILES string of the molecule is Fc1cc(-n2ccc3cnc(Nc4ccc(CN5CCOCC5)cc4)nc32)cc(F)c1C1CNCCO1. The average Bonchev–Trinajstić information content (AvgIpc) is 3.34. The third kappa shape index (κ3) is 5.19. The number of nitrogens with zero attached hydrogens (tertiary/aromatic N) is 4. The molecule has 1 atom stereocenters. The molecule has 10 heteroatoms. The summed E-state index contributed by atoms with van der Waals surface area (Å²) < 4.78 is 42.7. The highest BCUT2D eigenvalue weighted by atomic mass is 19.1. The molecule has 1 unspecified atom stereocenters. The van der Waals surface area contributed by atoms with Crippen LogP contribution in [0.2, 0.25) is 0 Å². The van der Waals surface area contributed by atoms with Crippen molar-refractivity contribution in [2.24, 2.45) is 0 Å². The van der Waals surface area contributed by atoms with Gasteiger partial charge in [-0.2, -0.15) is 4.98 Å². The van der Waals surface area contributed by atoms with Crippen molar-refractivity contribution in [2.75, 3.05) is 51.3 Å². The van der Waals surface area contributed by atoms with Crippen molar-refractivity contribution in [3.63, 3.8) is 0 Å². The van der Waals surface area contributed by atoms with Crippen molar-refractivity contribution < 1.29 is 18.3 Å². The maximum absolute atomic E-state index is 15.0. The molecule has 4 heterocycles. The minimum absolute atomic E-state index is 0.0542. The fourth-order valence-electron chi connectivity index (χ4n) is 4.80. The number of fused-ring (bicyclic) bond motifs is 1. The minimum Gasteiger partial charge on any atom is -0.379 e. The van der Waals surface area contributed by atoms with Gasteiger partial charge in [0.05, 0.1) is 31.1 Å². The monoisotopic (exact) mass is 506 g/mol. The quantitative estimate of drug-likeness (QED) is 0.410. The van der Waals surface area contributed by atoms with E-state index in [4.69, 9.17) is 9.47 Å². The van der Waals surface area contributed by atoms with E-state index in [1.165, 1.54) is 17.7 Å². The molecular formula is C27H28F2N6O2. The van der Waals surface area contributed by atoms with Crippen LogP contribution in [-0.2, 0) is 16.0 Å². The second-order valence-electron chi connectivity index (χ2n) is 9.26. The Labute approximate surface area is 213 Å². The maximum Gasteiger partial charge on any atom is 0.229 e. The lowest BCUT2D eigenvalue weighted by molar-refractivity contribution is 0.0232. The molecule has 0 aliphatic carbocycles. The summed E-state index contributed by atoms with van der Waals surface area (Å²) in [4.78, 5) is 11.4. The van der Waals surface area contributed by atoms with Gasteiger partial charge >= 0.3 is 0 Å². The van der Waals surface area contributed by atoms with Crippen molar-refractivity contribution in [3.8, 4) is 5.69 Å². The molecule has 8 nitrogen and oxygen atoms in total. The van der Waals surface area contributed by atoms with E-state index >= 15 is 8.78 Å². The molecule has 0 bridgehead atoms. The Hall–Kier alpha value is -3.44. The smallest absolute Gasteiger partial charge is 0.229 e. The van der Waals surface area contributed by atoms with Crippen LogP contribution in [0.4, 0.5) is 20.4 Å². The molecule has 2 aliphatic heterocycles. The summed E-state index contributed by atoms with van der Waals surface area (Å²) in [5.41, 5.74) is 2.91. The van der Waals surface area contributed by atoms with E-state index in [-0.39, 0.29) is 5.56 Å². The summed E-state index contributed by atoms with van der Waals surface area (Å²) in [6, 6.07) is 12.6. The van der Waals surface area contributed by atoms with Crippen LogP contribution in [0.25, 0.3) is 16.7 Å². The van der Waals surface area contributed by atoms with Crippen LogP contribution in [0.3, 0.4) is 0 Å². The first-order valence-corrected chi connectivity index (χ1v) is 12.5. The fourth-order valence-corrected chi connectivity index (χ4v) is 4.80. The number of benzene rings is 2. The second kappa shape index (κ2) is 10.5. The number of morpholine rings is 2. The van der Waals surface area contributed by atoms with Crippen LogP contribution in [0.15, 0.2) is 54.9 Å². The van der Waals surface area contributed by atoms with Crippen LogP contribution in [0.1, 0.15) is 17.2 Å². The lowest BCUT2D eigenvalue weighted by Gasteiger charge is -2.26. The summed E-state index contributed by atoms with van der Waals surface area (Å²) in [7, 11) is 0. The summed E-state index contributed by atoms with van der Waals surface area (Å²) in [5, 5.41) is 7.10. The molecule has 4 aromatic rings. The predicted octanol–water partition coefficient (Wildman–Crippen LogP) is 3.94. The number of ether oxygens (including phenoxy) is 2. The van der Waals surface area contributed by atoms with Gasteiger partial charge in [0.2, 0.25) is 5.95 Å². The van der Waals surface area contributed by atoms with E-state index < -0.39 is 17.7 Å². The van der Waals surface area contributed by atoms with Gasteiger partial charge in [0.25, 0.3) is 0 Å². The van der Waals surface area contributed by atoms with E-state index in [1.54, 1.807) is 17.0 Å². The van der Waals surface area contributed by atoms with Crippen molar-refractivity contribution in [3.05, 3.63) is 77.6 Å². The van der Waals surface area contributed by atoms with Crippen LogP contribution in [0, 0.1) is 11.6 Å². The zero-order chi connectivity index (χ0) is 25.2. The molecule has 2 aromatic carbocycles. The number of hydrogen-bond donors (Lipinski definition) is 2. The first kappa shape index (κ1) is 23.9. The molecule has 6 rings (SSSR count). The number of halogens is 2. The van der Waals surface area contributed by atoms with Gasteiger partial charge in [-0.3, -0.25) is 4.90 Å². The first-order valence-electron chi connectivity index (χ1n) is 12.5. The largest absolute Gasteiger partial charge is 0.379 e. The van der Waals surface area contributed by atoms with Crippen LogP contribution in [-0.4, -0.2) is 65.4 Å². The van der Waals surface area contributed by atoms with Gasteiger partial charge < -0.3 is 24.7 Å². The van der Waals surface area contributed by atoms with E-state index in [9.17, 15) is 0 Å². The van der Waals surface area contributed by atoms with Gasteiger partial charge in [0.15, 0.2) is 0 Å². The lowest BCUT2D eigenvalue weighted by atomic mass is 10.1. The Morgan fingerprint density at radius 3 is 2.54 bits per heavy atom. The van der Waals surface area contributed by atoms with Gasteiger partial charge in [-0.25, -0.2) is 13.8 Å². The van der Waals surface area contributed by atoms with Crippen LogP contribution < -0.4 is 10.6 Å². The van der Waals surface area contributed by atoms with E-state index in [0.29, 0.717) is 37.0 Å².